The first-order chi connectivity index (χ1) is 29.0. The molecule has 0 amide bonds. The Morgan fingerprint density at radius 3 is 1.03 bits per heavy atom. The molecule has 0 saturated heterocycles. The lowest BCUT2D eigenvalue weighted by atomic mass is 10.0. The summed E-state index contributed by atoms with van der Waals surface area (Å²) in [6.07, 6.45) is 55.5. The topological polar surface area (TPSA) is 78.9 Å². The lowest BCUT2D eigenvalue weighted by Gasteiger charge is -2.18. The van der Waals surface area contributed by atoms with Crippen LogP contribution < -0.4 is 0 Å². The van der Waals surface area contributed by atoms with Gasteiger partial charge in [-0.25, -0.2) is 0 Å². The first-order valence-corrected chi connectivity index (χ1v) is 25.5. The van der Waals surface area contributed by atoms with Gasteiger partial charge in [-0.05, 0) is 51.4 Å². The Morgan fingerprint density at radius 1 is 0.356 bits per heavy atom. The van der Waals surface area contributed by atoms with Gasteiger partial charge in [0.1, 0.15) is 13.2 Å². The predicted molar refractivity (Wildman–Crippen MR) is 252 cm³/mol. The van der Waals surface area contributed by atoms with Crippen molar-refractivity contribution in [3.63, 3.8) is 0 Å². The summed E-state index contributed by atoms with van der Waals surface area (Å²) >= 11 is 0. The number of unbranched alkanes of at least 4 members (excludes halogenated alkanes) is 29. The smallest absolute Gasteiger partial charge is 0.306 e. The third-order valence-corrected chi connectivity index (χ3v) is 11.2. The molecule has 0 aliphatic rings. The minimum atomic E-state index is -0.769. The molecule has 0 N–H and O–H groups in total. The van der Waals surface area contributed by atoms with Gasteiger partial charge < -0.3 is 14.2 Å². The van der Waals surface area contributed by atoms with Crippen LogP contribution in [0.4, 0.5) is 0 Å². The Hall–Kier alpha value is -2.37. The summed E-state index contributed by atoms with van der Waals surface area (Å²) in [7, 11) is 0. The summed E-state index contributed by atoms with van der Waals surface area (Å²) in [5.41, 5.74) is 0. The maximum absolute atomic E-state index is 12.8. The van der Waals surface area contributed by atoms with Gasteiger partial charge in [-0.1, -0.05) is 231 Å². The molecule has 0 rings (SSSR count). The fourth-order valence-corrected chi connectivity index (χ4v) is 7.34. The number of carbonyl (C=O) groups is 3. The number of ether oxygens (including phenoxy) is 3. The number of hydrogen-bond donors (Lipinski definition) is 0. The van der Waals surface area contributed by atoms with E-state index in [4.69, 9.17) is 14.2 Å². The second kappa shape index (κ2) is 48.3. The molecule has 0 saturated carbocycles. The Labute approximate surface area is 365 Å². The fraction of sp³-hybridized carbons (Fsp3) is 0.830. The van der Waals surface area contributed by atoms with Crippen LogP contribution in [-0.4, -0.2) is 37.2 Å². The van der Waals surface area contributed by atoms with E-state index in [-0.39, 0.29) is 31.1 Å². The van der Waals surface area contributed by atoms with Crippen molar-refractivity contribution in [2.45, 2.75) is 271 Å². The lowest BCUT2D eigenvalue weighted by Crippen LogP contribution is -2.30. The minimum Gasteiger partial charge on any atom is -0.462 e. The molecule has 344 valence electrons. The highest BCUT2D eigenvalue weighted by Gasteiger charge is 2.19. The van der Waals surface area contributed by atoms with Gasteiger partial charge in [-0.2, -0.15) is 0 Å². The highest BCUT2D eigenvalue weighted by atomic mass is 16.6. The van der Waals surface area contributed by atoms with Gasteiger partial charge in [0.2, 0.25) is 0 Å². The van der Waals surface area contributed by atoms with Gasteiger partial charge in [-0.3, -0.25) is 14.4 Å². The Bertz CT molecular complexity index is 1000. The van der Waals surface area contributed by atoms with Crippen LogP contribution in [-0.2, 0) is 28.6 Å². The number of rotatable bonds is 46. The largest absolute Gasteiger partial charge is 0.462 e. The maximum atomic E-state index is 12.8. The Morgan fingerprint density at radius 2 is 0.661 bits per heavy atom. The Balaban J connectivity index is 4.33. The standard InChI is InChI=1S/C53H96O6/c1-4-7-10-13-16-19-22-24-25-26-27-29-31-34-37-40-43-46-52(55)58-49-50(48-57-51(54)45-42-39-36-33-30-21-18-15-12-9-6-3)59-53(56)47-44-41-38-35-32-28-23-20-17-14-11-8-5-2/h7,10,16,19,24-25,50H,4-6,8-9,11-15,17-18,20-23,26-49H2,1-3H3/b10-7-,19-16-,25-24-. The van der Waals surface area contributed by atoms with Crippen LogP contribution in [0.3, 0.4) is 0 Å². The van der Waals surface area contributed by atoms with E-state index in [2.05, 4.69) is 57.2 Å². The highest BCUT2D eigenvalue weighted by molar-refractivity contribution is 5.71. The molecule has 6 nitrogen and oxygen atoms in total. The quantitative estimate of drug-likeness (QED) is 0.0263. The lowest BCUT2D eigenvalue weighted by molar-refractivity contribution is -0.167. The number of esters is 3. The van der Waals surface area contributed by atoms with Crippen molar-refractivity contribution < 1.29 is 28.6 Å². The van der Waals surface area contributed by atoms with Gasteiger partial charge >= 0.3 is 17.9 Å². The molecule has 0 heterocycles. The molecule has 59 heavy (non-hydrogen) atoms. The number of carbonyl (C=O) groups excluding carboxylic acids is 3. The summed E-state index contributed by atoms with van der Waals surface area (Å²) in [4.78, 5) is 37.9. The van der Waals surface area contributed by atoms with E-state index in [1.165, 1.54) is 141 Å². The van der Waals surface area contributed by atoms with Crippen LogP contribution >= 0.6 is 0 Å². The van der Waals surface area contributed by atoms with E-state index in [0.717, 1.165) is 83.5 Å². The van der Waals surface area contributed by atoms with Crippen LogP contribution in [0.15, 0.2) is 36.5 Å². The molecule has 0 spiro atoms. The van der Waals surface area contributed by atoms with E-state index >= 15 is 0 Å². The summed E-state index contributed by atoms with van der Waals surface area (Å²) in [5.74, 6) is -0.871. The molecule has 1 unspecified atom stereocenters. The number of allylic oxidation sites excluding steroid dienone is 6. The average molecular weight is 829 g/mol. The van der Waals surface area contributed by atoms with Crippen molar-refractivity contribution >= 4 is 17.9 Å². The SMILES string of the molecule is CC/C=C\C/C=C\C/C=C\CCCCCCCCCC(=O)OCC(COC(=O)CCCCCCCCCCCCC)OC(=O)CCCCCCCCCCCCCCC. The minimum absolute atomic E-state index is 0.0712. The number of hydrogen-bond acceptors (Lipinski definition) is 6. The monoisotopic (exact) mass is 829 g/mol. The summed E-state index contributed by atoms with van der Waals surface area (Å²) in [6, 6.07) is 0. The zero-order valence-corrected chi connectivity index (χ0v) is 39.3. The third kappa shape index (κ3) is 46.5. The van der Waals surface area contributed by atoms with Gasteiger partial charge in [-0.15, -0.1) is 0 Å². The normalized spacial score (nSPS) is 12.3. The van der Waals surface area contributed by atoms with Crippen molar-refractivity contribution in [1.82, 2.24) is 0 Å². The fourth-order valence-electron chi connectivity index (χ4n) is 7.34. The maximum Gasteiger partial charge on any atom is 0.306 e. The van der Waals surface area contributed by atoms with Crippen molar-refractivity contribution in [2.75, 3.05) is 13.2 Å². The molecule has 0 fully saturated rings. The van der Waals surface area contributed by atoms with E-state index in [9.17, 15) is 14.4 Å². The van der Waals surface area contributed by atoms with E-state index < -0.39 is 6.10 Å². The zero-order chi connectivity index (χ0) is 43.0. The molecule has 0 bridgehead atoms. The molecule has 1 atom stereocenters. The second-order valence-electron chi connectivity index (χ2n) is 17.1. The molecule has 0 aromatic carbocycles. The van der Waals surface area contributed by atoms with Gasteiger partial charge in [0.15, 0.2) is 6.10 Å². The molecule has 0 aliphatic carbocycles. The summed E-state index contributed by atoms with van der Waals surface area (Å²) in [6.45, 7) is 6.53. The molecule has 0 radical (unpaired) electrons. The van der Waals surface area contributed by atoms with Crippen LogP contribution in [0.5, 0.6) is 0 Å². The van der Waals surface area contributed by atoms with Gasteiger partial charge in [0.05, 0.1) is 0 Å². The van der Waals surface area contributed by atoms with Crippen molar-refractivity contribution in [2.24, 2.45) is 0 Å². The molecular formula is C53H96O6. The van der Waals surface area contributed by atoms with Crippen molar-refractivity contribution in [3.8, 4) is 0 Å². The predicted octanol–water partition coefficient (Wildman–Crippen LogP) is 16.5. The third-order valence-electron chi connectivity index (χ3n) is 11.2. The van der Waals surface area contributed by atoms with E-state index in [1.54, 1.807) is 0 Å². The van der Waals surface area contributed by atoms with E-state index in [1.807, 2.05) is 0 Å². The van der Waals surface area contributed by atoms with Crippen LogP contribution in [0.1, 0.15) is 265 Å². The first kappa shape index (κ1) is 56.6. The Kier molecular flexibility index (Phi) is 46.4. The molecule has 0 aliphatic heterocycles. The first-order valence-electron chi connectivity index (χ1n) is 25.5. The van der Waals surface area contributed by atoms with Crippen LogP contribution in [0.2, 0.25) is 0 Å². The van der Waals surface area contributed by atoms with Crippen LogP contribution in [0.25, 0.3) is 0 Å². The van der Waals surface area contributed by atoms with Crippen LogP contribution in [0, 0.1) is 0 Å². The molecule has 6 heteroatoms. The van der Waals surface area contributed by atoms with Gasteiger partial charge in [0.25, 0.3) is 0 Å². The summed E-state index contributed by atoms with van der Waals surface area (Å²) < 4.78 is 16.8. The zero-order valence-electron chi connectivity index (χ0n) is 39.3. The van der Waals surface area contributed by atoms with Crippen molar-refractivity contribution in [1.29, 1.82) is 0 Å². The molecule has 0 aromatic heterocycles. The summed E-state index contributed by atoms with van der Waals surface area (Å²) in [5, 5.41) is 0. The van der Waals surface area contributed by atoms with Gasteiger partial charge in [0, 0.05) is 19.3 Å². The van der Waals surface area contributed by atoms with E-state index in [0.29, 0.717) is 19.3 Å². The highest BCUT2D eigenvalue weighted by Crippen LogP contribution is 2.16. The molecule has 0 aromatic rings. The average Bonchev–Trinajstić information content (AvgIpc) is 3.23. The molecular weight excluding hydrogens is 733 g/mol. The van der Waals surface area contributed by atoms with Crippen molar-refractivity contribution in [3.05, 3.63) is 36.5 Å². The second-order valence-corrected chi connectivity index (χ2v) is 17.1.